The molecule has 3 rings (SSSR count). The van der Waals surface area contributed by atoms with E-state index in [1.54, 1.807) is 10.9 Å². The molecule has 2 aromatic rings. The topological polar surface area (TPSA) is 38.0 Å². The van der Waals surface area contributed by atoms with Gasteiger partial charge in [0.25, 0.3) is 0 Å². The number of rotatable bonds is 2. The van der Waals surface area contributed by atoms with Gasteiger partial charge in [-0.25, -0.2) is 4.68 Å². The van der Waals surface area contributed by atoms with Crippen LogP contribution in [0.25, 0.3) is 5.69 Å². The Morgan fingerprint density at radius 2 is 2.19 bits per heavy atom. The maximum absolute atomic E-state index is 10.0. The van der Waals surface area contributed by atoms with Crippen LogP contribution in [0.1, 0.15) is 18.4 Å². The summed E-state index contributed by atoms with van der Waals surface area (Å²) in [6.07, 6.45) is 5.36. The van der Waals surface area contributed by atoms with E-state index in [2.05, 4.69) is 21.0 Å². The van der Waals surface area contributed by atoms with Gasteiger partial charge in [0.05, 0.1) is 11.3 Å². The van der Waals surface area contributed by atoms with Crippen LogP contribution in [0, 0.1) is 0 Å². The van der Waals surface area contributed by atoms with Crippen molar-refractivity contribution in [3.63, 3.8) is 0 Å². The summed E-state index contributed by atoms with van der Waals surface area (Å²) >= 11 is 3.52. The Balaban J connectivity index is 2.04. The summed E-state index contributed by atoms with van der Waals surface area (Å²) < 4.78 is 2.75. The third-order valence-electron chi connectivity index (χ3n) is 2.96. The maximum atomic E-state index is 10.0. The molecule has 82 valence electrons. The van der Waals surface area contributed by atoms with Gasteiger partial charge >= 0.3 is 0 Å². The number of benzene rings is 1. The third-order valence-corrected chi connectivity index (χ3v) is 3.60. The highest BCUT2D eigenvalue weighted by molar-refractivity contribution is 9.10. The van der Waals surface area contributed by atoms with Crippen molar-refractivity contribution in [3.05, 3.63) is 46.7 Å². The molecule has 0 saturated heterocycles. The average Bonchev–Trinajstić information content (AvgIpc) is 2.82. The molecule has 1 aromatic carbocycles. The highest BCUT2D eigenvalue weighted by Gasteiger charge is 2.42. The summed E-state index contributed by atoms with van der Waals surface area (Å²) in [5.41, 5.74) is 1.39. The van der Waals surface area contributed by atoms with E-state index >= 15 is 0 Å². The minimum absolute atomic E-state index is 0.578. The average molecular weight is 279 g/mol. The molecule has 1 aliphatic carbocycles. The lowest BCUT2D eigenvalue weighted by Crippen LogP contribution is -2.05. The highest BCUT2D eigenvalue weighted by Crippen LogP contribution is 2.46. The van der Waals surface area contributed by atoms with Crippen molar-refractivity contribution in [3.8, 4) is 5.69 Å². The second-order valence-electron chi connectivity index (χ2n) is 4.15. The number of hydrogen-bond donors (Lipinski definition) is 1. The molecule has 0 atom stereocenters. The van der Waals surface area contributed by atoms with Crippen LogP contribution in [-0.4, -0.2) is 14.9 Å². The van der Waals surface area contributed by atoms with Gasteiger partial charge in [-0.15, -0.1) is 0 Å². The van der Waals surface area contributed by atoms with Crippen molar-refractivity contribution < 1.29 is 5.11 Å². The molecule has 1 aromatic heterocycles. The van der Waals surface area contributed by atoms with Crippen molar-refractivity contribution >= 4 is 15.9 Å². The van der Waals surface area contributed by atoms with E-state index in [4.69, 9.17) is 0 Å². The number of aliphatic hydroxyl groups is 1. The van der Waals surface area contributed by atoms with Crippen molar-refractivity contribution in [2.75, 3.05) is 0 Å². The number of aromatic nitrogens is 2. The van der Waals surface area contributed by atoms with Gasteiger partial charge in [0.15, 0.2) is 0 Å². The Bertz CT molecular complexity index is 518. The maximum Gasteiger partial charge on any atom is 0.0899 e. The summed E-state index contributed by atoms with van der Waals surface area (Å²) in [7, 11) is 0. The first-order chi connectivity index (χ1) is 7.69. The van der Waals surface area contributed by atoms with Gasteiger partial charge < -0.3 is 5.11 Å². The van der Waals surface area contributed by atoms with Gasteiger partial charge in [0.2, 0.25) is 0 Å². The van der Waals surface area contributed by atoms with Crippen molar-refractivity contribution in [2.45, 2.75) is 18.4 Å². The van der Waals surface area contributed by atoms with E-state index in [0.29, 0.717) is 0 Å². The van der Waals surface area contributed by atoms with Gasteiger partial charge in [0.1, 0.15) is 0 Å². The normalized spacial score (nSPS) is 17.4. The predicted octanol–water partition coefficient (Wildman–Crippen LogP) is 2.62. The van der Waals surface area contributed by atoms with E-state index in [0.717, 1.165) is 28.6 Å². The first-order valence-electron chi connectivity index (χ1n) is 5.21. The van der Waals surface area contributed by atoms with Crippen LogP contribution in [-0.2, 0) is 5.60 Å². The molecule has 0 radical (unpaired) electrons. The predicted molar refractivity (Wildman–Crippen MR) is 64.4 cm³/mol. The minimum atomic E-state index is -0.578. The molecule has 4 heteroatoms. The van der Waals surface area contributed by atoms with Crippen molar-refractivity contribution in [1.29, 1.82) is 0 Å². The molecule has 3 nitrogen and oxygen atoms in total. The van der Waals surface area contributed by atoms with E-state index in [1.165, 1.54) is 0 Å². The summed E-state index contributed by atoms with van der Waals surface area (Å²) in [5.74, 6) is 0. The molecular weight excluding hydrogens is 268 g/mol. The molecule has 0 spiro atoms. The molecule has 1 N–H and O–H groups in total. The fourth-order valence-corrected chi connectivity index (χ4v) is 2.36. The van der Waals surface area contributed by atoms with Gasteiger partial charge in [-0.3, -0.25) is 0 Å². The molecule has 16 heavy (non-hydrogen) atoms. The lowest BCUT2D eigenvalue weighted by atomic mass is 10.1. The zero-order chi connectivity index (χ0) is 11.2. The summed E-state index contributed by atoms with van der Waals surface area (Å²) in [4.78, 5) is 0. The SMILES string of the molecule is OC1(c2ccc(-n3cccn3)c(Br)c2)CC1. The second kappa shape index (κ2) is 3.43. The van der Waals surface area contributed by atoms with Crippen LogP contribution in [0.4, 0.5) is 0 Å². The lowest BCUT2D eigenvalue weighted by Gasteiger charge is -2.11. The lowest BCUT2D eigenvalue weighted by molar-refractivity contribution is 0.151. The van der Waals surface area contributed by atoms with Crippen LogP contribution < -0.4 is 0 Å². The van der Waals surface area contributed by atoms with Crippen LogP contribution >= 0.6 is 15.9 Å². The number of nitrogens with zero attached hydrogens (tertiary/aromatic N) is 2. The Morgan fingerprint density at radius 1 is 1.38 bits per heavy atom. The fraction of sp³-hybridized carbons (Fsp3) is 0.250. The zero-order valence-corrected chi connectivity index (χ0v) is 10.2. The Kier molecular flexibility index (Phi) is 2.16. The molecule has 0 bridgehead atoms. The standard InChI is InChI=1S/C12H11BrN2O/c13-10-8-9(12(16)4-5-12)2-3-11(10)15-7-1-6-14-15/h1-3,6-8,16H,4-5H2. The summed E-state index contributed by atoms with van der Waals surface area (Å²) in [5, 5.41) is 14.2. The molecule has 1 aliphatic rings. The molecular formula is C12H11BrN2O. The highest BCUT2D eigenvalue weighted by atomic mass is 79.9. The largest absolute Gasteiger partial charge is 0.385 e. The molecule has 1 saturated carbocycles. The van der Waals surface area contributed by atoms with Crippen molar-refractivity contribution in [2.24, 2.45) is 0 Å². The minimum Gasteiger partial charge on any atom is -0.385 e. The summed E-state index contributed by atoms with van der Waals surface area (Å²) in [6, 6.07) is 7.80. The van der Waals surface area contributed by atoms with Crippen molar-refractivity contribution in [1.82, 2.24) is 9.78 Å². The molecule has 0 amide bonds. The monoisotopic (exact) mass is 278 g/mol. The molecule has 0 unspecified atom stereocenters. The second-order valence-corrected chi connectivity index (χ2v) is 5.00. The first-order valence-corrected chi connectivity index (χ1v) is 6.01. The van der Waals surface area contributed by atoms with Crippen LogP contribution in [0.5, 0.6) is 0 Å². The molecule has 1 fully saturated rings. The van der Waals surface area contributed by atoms with Gasteiger partial charge in [-0.2, -0.15) is 5.10 Å². The molecule has 0 aliphatic heterocycles. The van der Waals surface area contributed by atoms with Crippen LogP contribution in [0.2, 0.25) is 0 Å². The van der Waals surface area contributed by atoms with Gasteiger partial charge in [0, 0.05) is 16.9 Å². The van der Waals surface area contributed by atoms with Crippen LogP contribution in [0.3, 0.4) is 0 Å². The quantitative estimate of drug-likeness (QED) is 0.917. The van der Waals surface area contributed by atoms with E-state index < -0.39 is 5.60 Å². The van der Waals surface area contributed by atoms with E-state index in [1.807, 2.05) is 30.5 Å². The van der Waals surface area contributed by atoms with Gasteiger partial charge in [-0.1, -0.05) is 6.07 Å². The number of hydrogen-bond acceptors (Lipinski definition) is 2. The third kappa shape index (κ3) is 1.58. The fourth-order valence-electron chi connectivity index (χ4n) is 1.80. The van der Waals surface area contributed by atoms with E-state index in [9.17, 15) is 5.11 Å². The summed E-state index contributed by atoms with van der Waals surface area (Å²) in [6.45, 7) is 0. The number of halogens is 1. The first kappa shape index (κ1) is 10.1. The van der Waals surface area contributed by atoms with Gasteiger partial charge in [-0.05, 0) is 52.5 Å². The van der Waals surface area contributed by atoms with E-state index in [-0.39, 0.29) is 0 Å². The smallest absolute Gasteiger partial charge is 0.0899 e. The Morgan fingerprint density at radius 3 is 2.75 bits per heavy atom. The molecule has 1 heterocycles. The Labute approximate surface area is 102 Å². The van der Waals surface area contributed by atoms with Crippen LogP contribution in [0.15, 0.2) is 41.1 Å². The Hall–Kier alpha value is -1.13. The zero-order valence-electron chi connectivity index (χ0n) is 8.60.